The van der Waals surface area contributed by atoms with E-state index in [1.165, 1.54) is 5.56 Å². The molecule has 0 saturated heterocycles. The molecule has 4 nitrogen and oxygen atoms in total. The second kappa shape index (κ2) is 11.6. The highest BCUT2D eigenvalue weighted by Crippen LogP contribution is 2.27. The third kappa shape index (κ3) is 8.66. The van der Waals surface area contributed by atoms with Gasteiger partial charge >= 0.3 is 5.97 Å². The predicted octanol–water partition coefficient (Wildman–Crippen LogP) is 4.69. The Morgan fingerprint density at radius 1 is 1.20 bits per heavy atom. The third-order valence-electron chi connectivity index (χ3n) is 3.65. The van der Waals surface area contributed by atoms with Crippen LogP contribution in [0.2, 0.25) is 5.02 Å². The monoisotopic (exact) mass is 362 g/mol. The zero-order valence-corrected chi connectivity index (χ0v) is 15.9. The average Bonchev–Trinajstić information content (AvgIpc) is 2.58. The lowest BCUT2D eigenvalue weighted by atomic mass is 9.92. The Morgan fingerprint density at radius 3 is 2.32 bits per heavy atom. The number of carbonyl (C=O) groups is 1. The molecule has 0 aliphatic rings. The number of aliphatic carboxylic acids is 1. The van der Waals surface area contributed by atoms with E-state index in [0.29, 0.717) is 12.3 Å². The van der Waals surface area contributed by atoms with E-state index in [0.717, 1.165) is 30.1 Å². The van der Waals surface area contributed by atoms with E-state index in [1.807, 2.05) is 37.4 Å². The van der Waals surface area contributed by atoms with Gasteiger partial charge in [-0.1, -0.05) is 36.7 Å². The first-order chi connectivity index (χ1) is 11.9. The fourth-order valence-electron chi connectivity index (χ4n) is 2.36. The maximum atomic E-state index is 9.60. The minimum absolute atomic E-state index is 0.292. The van der Waals surface area contributed by atoms with E-state index in [1.54, 1.807) is 0 Å². The summed E-state index contributed by atoms with van der Waals surface area (Å²) < 4.78 is 0. The van der Waals surface area contributed by atoms with Gasteiger partial charge in [0, 0.05) is 29.3 Å². The van der Waals surface area contributed by atoms with Gasteiger partial charge in [0.05, 0.1) is 0 Å². The fourth-order valence-corrected chi connectivity index (χ4v) is 2.49. The van der Waals surface area contributed by atoms with Gasteiger partial charge in [-0.05, 0) is 63.3 Å². The van der Waals surface area contributed by atoms with Crippen LogP contribution in [0.4, 0.5) is 0 Å². The van der Waals surface area contributed by atoms with Crippen LogP contribution in [0.25, 0.3) is 0 Å². The van der Waals surface area contributed by atoms with Crippen LogP contribution in [0.15, 0.2) is 48.7 Å². The van der Waals surface area contributed by atoms with Crippen LogP contribution in [0.5, 0.6) is 0 Å². The second-order valence-electron chi connectivity index (χ2n) is 6.09. The van der Waals surface area contributed by atoms with Gasteiger partial charge in [0.25, 0.3) is 0 Å². The molecule has 0 aliphatic heterocycles. The summed E-state index contributed by atoms with van der Waals surface area (Å²) in [6.45, 7) is 2.87. The number of halogens is 1. The van der Waals surface area contributed by atoms with Crippen molar-refractivity contribution in [3.63, 3.8) is 0 Å². The lowest BCUT2D eigenvalue weighted by Gasteiger charge is -2.19. The summed E-state index contributed by atoms with van der Waals surface area (Å²) in [7, 11) is 4.19. The zero-order valence-electron chi connectivity index (χ0n) is 15.2. The average molecular weight is 363 g/mol. The van der Waals surface area contributed by atoms with Crippen LogP contribution in [-0.4, -0.2) is 41.6 Å². The molecule has 2 aromatic rings. The standard InChI is InChI=1S/C16H19ClN2.C4H8O2/c1-19(2)12-10-15(16-5-3-4-11-18-16)13-6-8-14(17)9-7-13;1-2-3-4(5)6/h3-9,11,15H,10,12H2,1-2H3;2-3H2,1H3,(H,5,6). The Morgan fingerprint density at radius 2 is 1.88 bits per heavy atom. The molecule has 0 fully saturated rings. The van der Waals surface area contributed by atoms with Crippen molar-refractivity contribution < 1.29 is 9.90 Å². The summed E-state index contributed by atoms with van der Waals surface area (Å²) >= 11 is 5.97. The molecule has 0 amide bonds. The Labute approximate surface area is 155 Å². The van der Waals surface area contributed by atoms with Gasteiger partial charge in [-0.3, -0.25) is 9.78 Å². The molecule has 1 unspecified atom stereocenters. The van der Waals surface area contributed by atoms with Gasteiger partial charge in [0.2, 0.25) is 0 Å². The van der Waals surface area contributed by atoms with Crippen molar-refractivity contribution in [1.29, 1.82) is 0 Å². The molecule has 1 N–H and O–H groups in total. The smallest absolute Gasteiger partial charge is 0.303 e. The number of hydrogen-bond acceptors (Lipinski definition) is 3. The van der Waals surface area contributed by atoms with Crippen LogP contribution >= 0.6 is 11.6 Å². The highest BCUT2D eigenvalue weighted by Gasteiger charge is 2.15. The van der Waals surface area contributed by atoms with E-state index in [-0.39, 0.29) is 0 Å². The summed E-state index contributed by atoms with van der Waals surface area (Å²) in [5, 5.41) is 8.69. The zero-order chi connectivity index (χ0) is 18.7. The summed E-state index contributed by atoms with van der Waals surface area (Å²) in [5.41, 5.74) is 2.39. The van der Waals surface area contributed by atoms with E-state index in [2.05, 4.69) is 42.2 Å². The Bertz CT molecular complexity index is 615. The van der Waals surface area contributed by atoms with Gasteiger partial charge in [0.1, 0.15) is 0 Å². The molecule has 0 radical (unpaired) electrons. The largest absolute Gasteiger partial charge is 0.481 e. The van der Waals surface area contributed by atoms with Crippen molar-refractivity contribution in [2.75, 3.05) is 20.6 Å². The number of rotatable bonds is 7. The lowest BCUT2D eigenvalue weighted by Crippen LogP contribution is -2.17. The van der Waals surface area contributed by atoms with Gasteiger partial charge in [0.15, 0.2) is 0 Å². The first-order valence-electron chi connectivity index (χ1n) is 8.47. The van der Waals surface area contributed by atoms with Crippen LogP contribution in [0.1, 0.15) is 43.4 Å². The summed E-state index contributed by atoms with van der Waals surface area (Å²) in [6, 6.07) is 14.2. The molecule has 0 saturated carbocycles. The molecule has 1 aromatic carbocycles. The highest BCUT2D eigenvalue weighted by molar-refractivity contribution is 6.30. The van der Waals surface area contributed by atoms with Crippen molar-refractivity contribution in [3.8, 4) is 0 Å². The van der Waals surface area contributed by atoms with Gasteiger partial charge in [-0.15, -0.1) is 0 Å². The fraction of sp³-hybridized carbons (Fsp3) is 0.400. The van der Waals surface area contributed by atoms with E-state index in [9.17, 15) is 4.79 Å². The van der Waals surface area contributed by atoms with Gasteiger partial charge < -0.3 is 10.0 Å². The number of hydrogen-bond donors (Lipinski definition) is 1. The van der Waals surface area contributed by atoms with Crippen LogP contribution in [-0.2, 0) is 4.79 Å². The van der Waals surface area contributed by atoms with Crippen molar-refractivity contribution in [1.82, 2.24) is 9.88 Å². The number of benzene rings is 1. The van der Waals surface area contributed by atoms with Crippen LogP contribution < -0.4 is 0 Å². The van der Waals surface area contributed by atoms with Crippen molar-refractivity contribution in [2.24, 2.45) is 0 Å². The van der Waals surface area contributed by atoms with E-state index >= 15 is 0 Å². The minimum Gasteiger partial charge on any atom is -0.481 e. The SMILES string of the molecule is CCCC(=O)O.CN(C)CCC(c1ccc(Cl)cc1)c1ccccn1. The van der Waals surface area contributed by atoms with E-state index in [4.69, 9.17) is 16.7 Å². The summed E-state index contributed by atoms with van der Waals surface area (Å²) in [6.07, 6.45) is 3.93. The van der Waals surface area contributed by atoms with E-state index < -0.39 is 5.97 Å². The molecule has 2 rings (SSSR count). The second-order valence-corrected chi connectivity index (χ2v) is 6.53. The molecule has 1 heterocycles. The number of nitrogens with zero attached hydrogens (tertiary/aromatic N) is 2. The van der Waals surface area contributed by atoms with Crippen LogP contribution in [0.3, 0.4) is 0 Å². The Balaban J connectivity index is 0.000000450. The summed E-state index contributed by atoms with van der Waals surface area (Å²) in [5.74, 6) is -0.390. The normalized spacial score (nSPS) is 11.6. The third-order valence-corrected chi connectivity index (χ3v) is 3.90. The molecule has 25 heavy (non-hydrogen) atoms. The van der Waals surface area contributed by atoms with Gasteiger partial charge in [-0.2, -0.15) is 0 Å². The minimum atomic E-state index is -0.711. The molecule has 1 atom stereocenters. The van der Waals surface area contributed by atoms with Crippen molar-refractivity contribution in [3.05, 3.63) is 64.9 Å². The Hall–Kier alpha value is -1.91. The predicted molar refractivity (Wildman–Crippen MR) is 103 cm³/mol. The molecule has 0 spiro atoms. The maximum absolute atomic E-state index is 9.60. The molecule has 1 aromatic heterocycles. The number of carboxylic acids is 1. The molecular formula is C20H27ClN2O2. The molecule has 0 aliphatic carbocycles. The highest BCUT2D eigenvalue weighted by atomic mass is 35.5. The number of pyridine rings is 1. The maximum Gasteiger partial charge on any atom is 0.303 e. The molecule has 136 valence electrons. The number of aromatic nitrogens is 1. The topological polar surface area (TPSA) is 53.4 Å². The van der Waals surface area contributed by atoms with Crippen molar-refractivity contribution >= 4 is 17.6 Å². The first kappa shape index (κ1) is 21.1. The molecule has 5 heteroatoms. The van der Waals surface area contributed by atoms with Crippen LogP contribution in [0, 0.1) is 0 Å². The first-order valence-corrected chi connectivity index (χ1v) is 8.84. The molecular weight excluding hydrogens is 336 g/mol. The number of carboxylic acid groups (broad SMARTS) is 1. The molecule has 0 bridgehead atoms. The quantitative estimate of drug-likeness (QED) is 0.776. The summed E-state index contributed by atoms with van der Waals surface area (Å²) in [4.78, 5) is 16.3. The van der Waals surface area contributed by atoms with Gasteiger partial charge in [-0.25, -0.2) is 0 Å². The van der Waals surface area contributed by atoms with Crippen molar-refractivity contribution in [2.45, 2.75) is 32.1 Å². The Kier molecular flexibility index (Phi) is 9.81. The lowest BCUT2D eigenvalue weighted by molar-refractivity contribution is -0.137.